The lowest BCUT2D eigenvalue weighted by Crippen LogP contribution is -2.23. The molecular formula is C9H9N3O2S. The molecule has 5 nitrogen and oxygen atoms in total. The van der Waals surface area contributed by atoms with Crippen LogP contribution in [0.15, 0.2) is 33.0 Å². The first kappa shape index (κ1) is 9.97. The van der Waals surface area contributed by atoms with E-state index in [1.165, 1.54) is 18.0 Å². The molecule has 78 valence electrons. The van der Waals surface area contributed by atoms with Crippen molar-refractivity contribution in [3.05, 3.63) is 24.2 Å². The van der Waals surface area contributed by atoms with Gasteiger partial charge in [0.15, 0.2) is 5.17 Å². The third-order valence-electron chi connectivity index (χ3n) is 1.76. The summed E-state index contributed by atoms with van der Waals surface area (Å²) in [6.07, 6.45) is 3.05. The average Bonchev–Trinajstić information content (AvgIpc) is 2.79. The van der Waals surface area contributed by atoms with Crippen molar-refractivity contribution >= 4 is 29.1 Å². The van der Waals surface area contributed by atoms with Crippen molar-refractivity contribution < 1.29 is 9.21 Å². The molecule has 1 N–H and O–H groups in total. The molecule has 1 aromatic heterocycles. The number of amidine groups is 1. The number of hydrogen-bond acceptors (Lipinski definition) is 5. The van der Waals surface area contributed by atoms with Crippen LogP contribution in [0.1, 0.15) is 12.7 Å². The third kappa shape index (κ3) is 2.47. The summed E-state index contributed by atoms with van der Waals surface area (Å²) in [4.78, 5) is 11.1. The SMILES string of the molecule is C[C@@H]1SC(=NN=Cc2ccco2)NC1=O. The fourth-order valence-corrected chi connectivity index (χ4v) is 1.76. The zero-order chi connectivity index (χ0) is 10.7. The number of amides is 1. The lowest BCUT2D eigenvalue weighted by Gasteiger charge is -1.88. The van der Waals surface area contributed by atoms with Crippen LogP contribution in [0.4, 0.5) is 0 Å². The van der Waals surface area contributed by atoms with E-state index in [9.17, 15) is 4.79 Å². The second-order valence-electron chi connectivity index (χ2n) is 2.91. The number of thioether (sulfide) groups is 1. The van der Waals surface area contributed by atoms with E-state index in [1.807, 2.05) is 6.92 Å². The van der Waals surface area contributed by atoms with Crippen LogP contribution in [-0.2, 0) is 4.79 Å². The molecule has 1 aliphatic heterocycles. The molecule has 2 heterocycles. The van der Waals surface area contributed by atoms with Crippen LogP contribution < -0.4 is 5.32 Å². The third-order valence-corrected chi connectivity index (χ3v) is 2.74. The van der Waals surface area contributed by atoms with Crippen molar-refractivity contribution in [2.75, 3.05) is 0 Å². The van der Waals surface area contributed by atoms with Gasteiger partial charge in [0.25, 0.3) is 0 Å². The minimum Gasteiger partial charge on any atom is -0.463 e. The first-order chi connectivity index (χ1) is 7.25. The predicted octanol–water partition coefficient (Wildman–Crippen LogP) is 1.22. The maximum Gasteiger partial charge on any atom is 0.239 e. The first-order valence-corrected chi connectivity index (χ1v) is 5.26. The normalized spacial score (nSPS) is 23.9. The minimum atomic E-state index is -0.0948. The summed E-state index contributed by atoms with van der Waals surface area (Å²) in [6, 6.07) is 3.54. The van der Waals surface area contributed by atoms with Gasteiger partial charge in [0.05, 0.1) is 17.7 Å². The van der Waals surface area contributed by atoms with E-state index in [0.717, 1.165) is 0 Å². The Morgan fingerprint density at radius 1 is 1.67 bits per heavy atom. The van der Waals surface area contributed by atoms with Crippen molar-refractivity contribution in [1.82, 2.24) is 5.32 Å². The molecular weight excluding hydrogens is 214 g/mol. The molecule has 0 bridgehead atoms. The van der Waals surface area contributed by atoms with Gasteiger partial charge in [-0.25, -0.2) is 0 Å². The summed E-state index contributed by atoms with van der Waals surface area (Å²) in [5, 5.41) is 10.7. The van der Waals surface area contributed by atoms with Gasteiger partial charge in [0.2, 0.25) is 5.91 Å². The number of nitrogens with one attached hydrogen (secondary N) is 1. The van der Waals surface area contributed by atoms with Crippen LogP contribution in [0.5, 0.6) is 0 Å². The highest BCUT2D eigenvalue weighted by Crippen LogP contribution is 2.18. The molecule has 0 aliphatic carbocycles. The Bertz CT molecular complexity index is 411. The van der Waals surface area contributed by atoms with Crippen LogP contribution in [0.25, 0.3) is 0 Å². The molecule has 15 heavy (non-hydrogen) atoms. The monoisotopic (exact) mass is 223 g/mol. The van der Waals surface area contributed by atoms with E-state index in [0.29, 0.717) is 10.9 Å². The smallest absolute Gasteiger partial charge is 0.239 e. The van der Waals surface area contributed by atoms with Crippen LogP contribution in [-0.4, -0.2) is 22.5 Å². The van der Waals surface area contributed by atoms with E-state index in [1.54, 1.807) is 18.4 Å². The molecule has 1 aliphatic rings. The first-order valence-electron chi connectivity index (χ1n) is 4.38. The van der Waals surface area contributed by atoms with Crippen LogP contribution in [0, 0.1) is 0 Å². The number of nitrogens with zero attached hydrogens (tertiary/aromatic N) is 2. The van der Waals surface area contributed by atoms with Gasteiger partial charge in [-0.15, -0.1) is 5.10 Å². The Labute approximate surface area is 90.6 Å². The molecule has 1 fully saturated rings. The Morgan fingerprint density at radius 2 is 2.53 bits per heavy atom. The number of carbonyl (C=O) groups is 1. The largest absolute Gasteiger partial charge is 0.463 e. The van der Waals surface area contributed by atoms with Gasteiger partial charge in [-0.2, -0.15) is 5.10 Å². The number of rotatable bonds is 2. The second-order valence-corrected chi connectivity index (χ2v) is 4.24. The van der Waals surface area contributed by atoms with Gasteiger partial charge in [-0.05, 0) is 19.1 Å². The Balaban J connectivity index is 1.98. The van der Waals surface area contributed by atoms with Crippen molar-refractivity contribution in [3.8, 4) is 0 Å². The van der Waals surface area contributed by atoms with Crippen LogP contribution in [0.2, 0.25) is 0 Å². The molecule has 0 spiro atoms. The summed E-state index contributed by atoms with van der Waals surface area (Å²) in [6.45, 7) is 1.82. The summed E-state index contributed by atoms with van der Waals surface area (Å²) < 4.78 is 5.03. The van der Waals surface area contributed by atoms with Gasteiger partial charge in [-0.3, -0.25) is 4.79 Å². The molecule has 1 atom stereocenters. The van der Waals surface area contributed by atoms with Crippen LogP contribution in [0.3, 0.4) is 0 Å². The predicted molar refractivity (Wildman–Crippen MR) is 58.9 cm³/mol. The Morgan fingerprint density at radius 3 is 3.13 bits per heavy atom. The Hall–Kier alpha value is -1.56. The molecule has 1 amide bonds. The lowest BCUT2D eigenvalue weighted by atomic mass is 10.4. The van der Waals surface area contributed by atoms with Crippen LogP contribution >= 0.6 is 11.8 Å². The van der Waals surface area contributed by atoms with E-state index < -0.39 is 0 Å². The van der Waals surface area contributed by atoms with Gasteiger partial charge in [-0.1, -0.05) is 11.8 Å². The number of furan rings is 1. The zero-order valence-corrected chi connectivity index (χ0v) is 8.82. The fraction of sp³-hybridized carbons (Fsp3) is 0.222. The molecule has 1 aromatic rings. The number of hydrogen-bond donors (Lipinski definition) is 1. The second kappa shape index (κ2) is 4.31. The van der Waals surface area contributed by atoms with Crippen molar-refractivity contribution in [2.45, 2.75) is 12.2 Å². The van der Waals surface area contributed by atoms with Gasteiger partial charge in [0.1, 0.15) is 5.76 Å². The fourth-order valence-electron chi connectivity index (χ4n) is 1.01. The quantitative estimate of drug-likeness (QED) is 0.605. The molecule has 2 rings (SSSR count). The highest BCUT2D eigenvalue weighted by atomic mass is 32.2. The van der Waals surface area contributed by atoms with E-state index in [-0.39, 0.29) is 11.2 Å². The van der Waals surface area contributed by atoms with E-state index in [2.05, 4.69) is 15.5 Å². The average molecular weight is 223 g/mol. The highest BCUT2D eigenvalue weighted by Gasteiger charge is 2.25. The maximum atomic E-state index is 11.1. The van der Waals surface area contributed by atoms with Gasteiger partial charge in [0, 0.05) is 0 Å². The molecule has 0 aromatic carbocycles. The Kier molecular flexibility index (Phi) is 2.86. The van der Waals surface area contributed by atoms with E-state index >= 15 is 0 Å². The summed E-state index contributed by atoms with van der Waals surface area (Å²) in [5.74, 6) is 0.591. The molecule has 0 saturated carbocycles. The summed E-state index contributed by atoms with van der Waals surface area (Å²) in [7, 11) is 0. The summed E-state index contributed by atoms with van der Waals surface area (Å²) >= 11 is 1.36. The highest BCUT2D eigenvalue weighted by molar-refractivity contribution is 8.15. The molecule has 1 saturated heterocycles. The van der Waals surface area contributed by atoms with Crippen molar-refractivity contribution in [1.29, 1.82) is 0 Å². The number of carbonyl (C=O) groups excluding carboxylic acids is 1. The molecule has 0 radical (unpaired) electrons. The van der Waals surface area contributed by atoms with Crippen molar-refractivity contribution in [3.63, 3.8) is 0 Å². The lowest BCUT2D eigenvalue weighted by molar-refractivity contribution is -0.118. The van der Waals surface area contributed by atoms with Crippen molar-refractivity contribution in [2.24, 2.45) is 10.2 Å². The standard InChI is InChI=1S/C9H9N3O2S/c1-6-8(13)11-9(15-6)12-10-5-7-3-2-4-14-7/h2-6H,1H3,(H,11,12,13)/t6-/m0/s1. The van der Waals surface area contributed by atoms with Gasteiger partial charge < -0.3 is 9.73 Å². The maximum absolute atomic E-state index is 11.1. The zero-order valence-electron chi connectivity index (χ0n) is 8.01. The molecule has 0 unspecified atom stereocenters. The van der Waals surface area contributed by atoms with Gasteiger partial charge >= 0.3 is 0 Å². The minimum absolute atomic E-state index is 0.0352. The topological polar surface area (TPSA) is 67.0 Å². The molecule has 6 heteroatoms. The summed E-state index contributed by atoms with van der Waals surface area (Å²) in [5.41, 5.74) is 0. The van der Waals surface area contributed by atoms with E-state index in [4.69, 9.17) is 4.42 Å².